The van der Waals surface area contributed by atoms with Gasteiger partial charge in [0.2, 0.25) is 0 Å². The van der Waals surface area contributed by atoms with Gasteiger partial charge in [-0.15, -0.1) is 0 Å². The summed E-state index contributed by atoms with van der Waals surface area (Å²) >= 11 is 0. The predicted octanol–water partition coefficient (Wildman–Crippen LogP) is 0.489. The first-order valence-electron chi connectivity index (χ1n) is 8.12. The third-order valence-corrected chi connectivity index (χ3v) is 4.37. The molecule has 3 N–H and O–H groups in total. The highest BCUT2D eigenvalue weighted by molar-refractivity contribution is 5.83. The first-order chi connectivity index (χ1) is 11.8. The van der Waals surface area contributed by atoms with Crippen molar-refractivity contribution in [3.05, 3.63) is 18.0 Å². The van der Waals surface area contributed by atoms with Gasteiger partial charge in [0, 0.05) is 51.0 Å². The van der Waals surface area contributed by atoms with E-state index in [9.17, 15) is 0 Å². The number of imidazole rings is 1. The highest BCUT2D eigenvalue weighted by atomic mass is 16.6. The molecule has 0 spiro atoms. The van der Waals surface area contributed by atoms with Crippen molar-refractivity contribution in [2.75, 3.05) is 31.9 Å². The number of rotatable bonds is 4. The Morgan fingerprint density at radius 3 is 2.79 bits per heavy atom. The van der Waals surface area contributed by atoms with Crippen LogP contribution in [0, 0.1) is 0 Å². The van der Waals surface area contributed by atoms with Crippen LogP contribution in [0.25, 0.3) is 22.6 Å². The Morgan fingerprint density at radius 1 is 1.25 bits per heavy atom. The Kier molecular flexibility index (Phi) is 3.87. The number of pyridine rings is 1. The largest absolute Gasteiger partial charge is 0.379 e. The lowest BCUT2D eigenvalue weighted by molar-refractivity contribution is 0.233. The third-order valence-electron chi connectivity index (χ3n) is 4.37. The Hall–Kier alpha value is -2.52. The van der Waals surface area contributed by atoms with Crippen LogP contribution in [-0.4, -0.2) is 55.9 Å². The molecule has 0 bridgehead atoms. The molecule has 24 heavy (non-hydrogen) atoms. The highest BCUT2D eigenvalue weighted by Gasteiger charge is 2.21. The van der Waals surface area contributed by atoms with Crippen molar-refractivity contribution in [1.82, 2.24) is 35.1 Å². The average molecular weight is 328 g/mol. The van der Waals surface area contributed by atoms with E-state index in [-0.39, 0.29) is 5.82 Å². The normalized spacial score (nSPS) is 16.0. The van der Waals surface area contributed by atoms with Crippen LogP contribution in [0.15, 0.2) is 17.0 Å². The first-order valence-corrected chi connectivity index (χ1v) is 8.12. The second kappa shape index (κ2) is 6.17. The molecule has 9 nitrogen and oxygen atoms in total. The lowest BCUT2D eigenvalue weighted by Gasteiger charge is -2.27. The van der Waals surface area contributed by atoms with E-state index in [4.69, 9.17) is 10.4 Å². The Bertz CT molecular complexity index is 848. The zero-order chi connectivity index (χ0) is 16.5. The van der Waals surface area contributed by atoms with Crippen molar-refractivity contribution in [1.29, 1.82) is 0 Å². The van der Waals surface area contributed by atoms with Crippen LogP contribution in [0.4, 0.5) is 5.82 Å². The van der Waals surface area contributed by atoms with Crippen molar-refractivity contribution in [3.8, 4) is 11.5 Å². The summed E-state index contributed by atoms with van der Waals surface area (Å²) in [5.74, 6) is 0.914. The second-order valence-electron chi connectivity index (χ2n) is 5.87. The van der Waals surface area contributed by atoms with E-state index >= 15 is 0 Å². The molecule has 4 heterocycles. The molecule has 0 saturated carbocycles. The average Bonchev–Trinajstić information content (AvgIpc) is 3.19. The van der Waals surface area contributed by atoms with Gasteiger partial charge >= 0.3 is 0 Å². The molecule has 0 unspecified atom stereocenters. The highest BCUT2D eigenvalue weighted by Crippen LogP contribution is 2.28. The number of anilines is 1. The van der Waals surface area contributed by atoms with Gasteiger partial charge in [0.25, 0.3) is 0 Å². The summed E-state index contributed by atoms with van der Waals surface area (Å²) in [6.45, 7) is 7.77. The van der Waals surface area contributed by atoms with Gasteiger partial charge in [0.05, 0.1) is 11.7 Å². The number of piperazine rings is 1. The molecular weight excluding hydrogens is 308 g/mol. The summed E-state index contributed by atoms with van der Waals surface area (Å²) in [4.78, 5) is 11.5. The van der Waals surface area contributed by atoms with Crippen LogP contribution in [0.1, 0.15) is 12.5 Å². The van der Waals surface area contributed by atoms with Crippen molar-refractivity contribution in [2.24, 2.45) is 0 Å². The zero-order valence-corrected chi connectivity index (χ0v) is 13.6. The summed E-state index contributed by atoms with van der Waals surface area (Å²) in [5, 5.41) is 10.9. The smallest absolute Gasteiger partial charge is 0.199 e. The third kappa shape index (κ3) is 2.51. The fourth-order valence-corrected chi connectivity index (χ4v) is 3.22. The topological polar surface area (TPSA) is 111 Å². The minimum atomic E-state index is 0.247. The summed E-state index contributed by atoms with van der Waals surface area (Å²) in [5.41, 5.74) is 9.39. The number of hydrogen-bond donors (Lipinski definition) is 2. The molecule has 0 aromatic carbocycles. The van der Waals surface area contributed by atoms with Gasteiger partial charge in [-0.1, -0.05) is 0 Å². The van der Waals surface area contributed by atoms with Gasteiger partial charge in [0.1, 0.15) is 5.52 Å². The standard InChI is InChI=1S/C15H20N8O/c1-2-23-13-10(9-22-5-3-17-4-6-22)7-18-8-11(13)19-15(23)12-14(16)21-24-20-12/h7-8,17H,2-6,9H2,1H3,(H2,16,21). The molecule has 0 amide bonds. The SMILES string of the molecule is CCn1c(-c2nonc2N)nc2cncc(CN3CCNCC3)c21. The Morgan fingerprint density at radius 2 is 2.08 bits per heavy atom. The minimum absolute atomic E-state index is 0.247. The van der Waals surface area contributed by atoms with Crippen molar-refractivity contribution < 1.29 is 4.63 Å². The van der Waals surface area contributed by atoms with Gasteiger partial charge in [-0.25, -0.2) is 9.61 Å². The van der Waals surface area contributed by atoms with E-state index < -0.39 is 0 Å². The number of nitrogens with zero attached hydrogens (tertiary/aromatic N) is 6. The summed E-state index contributed by atoms with van der Waals surface area (Å²) in [6, 6.07) is 0. The van der Waals surface area contributed by atoms with Crippen molar-refractivity contribution in [3.63, 3.8) is 0 Å². The molecule has 1 aliphatic heterocycles. The minimum Gasteiger partial charge on any atom is -0.379 e. The first kappa shape index (κ1) is 15.0. The van der Waals surface area contributed by atoms with Crippen LogP contribution in [-0.2, 0) is 13.1 Å². The molecule has 3 aromatic rings. The van der Waals surface area contributed by atoms with Gasteiger partial charge in [-0.3, -0.25) is 9.88 Å². The molecule has 1 fully saturated rings. The summed E-state index contributed by atoms with van der Waals surface area (Å²) in [6.07, 6.45) is 3.70. The van der Waals surface area contributed by atoms with Gasteiger partial charge < -0.3 is 15.6 Å². The van der Waals surface area contributed by atoms with Crippen molar-refractivity contribution in [2.45, 2.75) is 20.0 Å². The van der Waals surface area contributed by atoms with Gasteiger partial charge in [0.15, 0.2) is 17.3 Å². The molecule has 0 atom stereocenters. The fraction of sp³-hybridized carbons (Fsp3) is 0.467. The summed E-state index contributed by atoms with van der Waals surface area (Å²) < 4.78 is 6.84. The van der Waals surface area contributed by atoms with Gasteiger partial charge in [-0.2, -0.15) is 0 Å². The van der Waals surface area contributed by atoms with Crippen LogP contribution >= 0.6 is 0 Å². The number of nitrogens with two attached hydrogens (primary N) is 1. The molecule has 126 valence electrons. The molecule has 0 radical (unpaired) electrons. The fourth-order valence-electron chi connectivity index (χ4n) is 3.22. The zero-order valence-electron chi connectivity index (χ0n) is 13.6. The van der Waals surface area contributed by atoms with Crippen LogP contribution < -0.4 is 11.1 Å². The second-order valence-corrected chi connectivity index (χ2v) is 5.87. The van der Waals surface area contributed by atoms with Crippen molar-refractivity contribution >= 4 is 16.9 Å². The van der Waals surface area contributed by atoms with Crippen LogP contribution in [0.5, 0.6) is 0 Å². The molecular formula is C15H20N8O. The molecule has 9 heteroatoms. The van der Waals surface area contributed by atoms with E-state index in [1.165, 1.54) is 0 Å². The molecule has 3 aromatic heterocycles. The quantitative estimate of drug-likeness (QED) is 0.712. The number of aryl methyl sites for hydroxylation is 1. The van der Waals surface area contributed by atoms with E-state index in [1.54, 1.807) is 6.20 Å². The lowest BCUT2D eigenvalue weighted by atomic mass is 10.2. The Balaban J connectivity index is 1.81. The Labute approximate surface area is 138 Å². The molecule has 1 aliphatic rings. The monoisotopic (exact) mass is 328 g/mol. The number of nitrogen functional groups attached to an aromatic ring is 1. The molecule has 1 saturated heterocycles. The van der Waals surface area contributed by atoms with Crippen LogP contribution in [0.2, 0.25) is 0 Å². The van der Waals surface area contributed by atoms with Gasteiger partial charge in [-0.05, 0) is 17.2 Å². The number of fused-ring (bicyclic) bond motifs is 1. The van der Waals surface area contributed by atoms with E-state index in [0.29, 0.717) is 11.5 Å². The maximum atomic E-state index is 5.85. The molecule has 4 rings (SSSR count). The van der Waals surface area contributed by atoms with Crippen LogP contribution in [0.3, 0.4) is 0 Å². The summed E-state index contributed by atoms with van der Waals surface area (Å²) in [7, 11) is 0. The number of aromatic nitrogens is 5. The maximum Gasteiger partial charge on any atom is 0.199 e. The number of hydrogen-bond acceptors (Lipinski definition) is 8. The molecule has 0 aliphatic carbocycles. The number of nitrogens with one attached hydrogen (secondary N) is 1. The van der Waals surface area contributed by atoms with E-state index in [2.05, 4.69) is 42.0 Å². The van der Waals surface area contributed by atoms with E-state index in [0.717, 1.165) is 55.9 Å². The predicted molar refractivity (Wildman–Crippen MR) is 89.1 cm³/mol. The lowest BCUT2D eigenvalue weighted by Crippen LogP contribution is -2.42. The van der Waals surface area contributed by atoms with E-state index in [1.807, 2.05) is 6.20 Å². The maximum absolute atomic E-state index is 5.85.